The summed E-state index contributed by atoms with van der Waals surface area (Å²) in [6, 6.07) is 5.97. The normalized spacial score (nSPS) is 13.8. The number of rotatable bonds is 10. The van der Waals surface area contributed by atoms with Gasteiger partial charge in [-0.2, -0.15) is 0 Å². The number of aliphatic hydroxyl groups excluding tert-OH is 3. The molecule has 0 aliphatic heterocycles. The summed E-state index contributed by atoms with van der Waals surface area (Å²) in [6.07, 6.45) is 0.327. The number of benzene rings is 1. The second-order valence-electron chi connectivity index (χ2n) is 8.54. The molecule has 0 saturated heterocycles. The van der Waals surface area contributed by atoms with Gasteiger partial charge in [0, 0.05) is 28.8 Å². The molecule has 4 N–H and O–H groups in total. The summed E-state index contributed by atoms with van der Waals surface area (Å²) >= 11 is 0. The summed E-state index contributed by atoms with van der Waals surface area (Å²) in [5, 5.41) is 39.1. The molecule has 174 valence electrons. The smallest absolute Gasteiger partial charge is 0.305 e. The molecule has 7 heteroatoms. The fourth-order valence-electron chi connectivity index (χ4n) is 3.83. The van der Waals surface area contributed by atoms with E-state index < -0.39 is 24.6 Å². The lowest BCUT2D eigenvalue weighted by Crippen LogP contribution is -2.19. The molecule has 0 aliphatic carbocycles. The van der Waals surface area contributed by atoms with E-state index >= 15 is 0 Å². The highest BCUT2D eigenvalue weighted by Gasteiger charge is 2.23. The highest BCUT2D eigenvalue weighted by molar-refractivity contribution is 5.76. The van der Waals surface area contributed by atoms with Gasteiger partial charge in [-0.25, -0.2) is 4.39 Å². The van der Waals surface area contributed by atoms with Crippen LogP contribution in [0, 0.1) is 5.82 Å². The van der Waals surface area contributed by atoms with Gasteiger partial charge >= 0.3 is 5.97 Å². The molecule has 0 spiro atoms. The van der Waals surface area contributed by atoms with Crippen LogP contribution in [0.25, 0.3) is 17.3 Å². The maximum absolute atomic E-state index is 13.5. The Morgan fingerprint density at radius 2 is 1.72 bits per heavy atom. The Bertz CT molecular complexity index is 954. The van der Waals surface area contributed by atoms with Gasteiger partial charge in [-0.1, -0.05) is 39.8 Å². The Hall–Kier alpha value is -2.61. The van der Waals surface area contributed by atoms with Crippen LogP contribution in [0.2, 0.25) is 0 Å². The van der Waals surface area contributed by atoms with Crippen LogP contribution in [0.1, 0.15) is 74.8 Å². The van der Waals surface area contributed by atoms with Crippen molar-refractivity contribution in [3.05, 3.63) is 58.5 Å². The number of carboxylic acid groups (broad SMARTS) is 1. The average Bonchev–Trinajstić information content (AvgIpc) is 2.70. The predicted octanol–water partition coefficient (Wildman–Crippen LogP) is 4.23. The molecule has 0 amide bonds. The lowest BCUT2D eigenvalue weighted by atomic mass is 9.86. The van der Waals surface area contributed by atoms with Gasteiger partial charge in [-0.05, 0) is 41.7 Å². The second kappa shape index (κ2) is 11.3. The Morgan fingerprint density at radius 1 is 1.09 bits per heavy atom. The molecule has 32 heavy (non-hydrogen) atoms. The van der Waals surface area contributed by atoms with Crippen LogP contribution in [-0.4, -0.2) is 43.6 Å². The minimum Gasteiger partial charge on any atom is -0.481 e. The first-order chi connectivity index (χ1) is 15.0. The van der Waals surface area contributed by atoms with E-state index in [0.717, 1.165) is 16.8 Å². The van der Waals surface area contributed by atoms with Crippen molar-refractivity contribution in [1.29, 1.82) is 0 Å². The lowest BCUT2D eigenvalue weighted by Gasteiger charge is -2.23. The fraction of sp³-hybridized carbons (Fsp3) is 0.440. The van der Waals surface area contributed by atoms with Crippen molar-refractivity contribution < 1.29 is 29.6 Å². The van der Waals surface area contributed by atoms with Crippen LogP contribution in [0.15, 0.2) is 30.3 Å². The largest absolute Gasteiger partial charge is 0.481 e. The second-order valence-corrected chi connectivity index (χ2v) is 8.54. The van der Waals surface area contributed by atoms with Crippen molar-refractivity contribution in [3.63, 3.8) is 0 Å². The Balaban J connectivity index is 2.64. The number of aliphatic carboxylic acids is 1. The molecule has 6 nitrogen and oxygen atoms in total. The van der Waals surface area contributed by atoms with E-state index in [4.69, 9.17) is 10.1 Å². The van der Waals surface area contributed by atoms with Crippen molar-refractivity contribution in [1.82, 2.24) is 4.98 Å². The third-order valence-electron chi connectivity index (χ3n) is 5.22. The SMILES string of the molecule is CC(C)c1nc(-c2ccc(F)cc2)c(/C=C/C(O)CC(O)CC(=O)O)c(C(C)C)c1CO. The molecule has 2 rings (SSSR count). The van der Waals surface area contributed by atoms with Crippen molar-refractivity contribution in [2.75, 3.05) is 0 Å². The molecule has 0 saturated carbocycles. The summed E-state index contributed by atoms with van der Waals surface area (Å²) in [5.74, 6) is -1.45. The van der Waals surface area contributed by atoms with Crippen molar-refractivity contribution in [2.24, 2.45) is 0 Å². The molecular weight excluding hydrogens is 413 g/mol. The number of nitrogens with zero attached hydrogens (tertiary/aromatic N) is 1. The zero-order valence-electron chi connectivity index (χ0n) is 18.9. The van der Waals surface area contributed by atoms with E-state index in [9.17, 15) is 24.5 Å². The third-order valence-corrected chi connectivity index (χ3v) is 5.22. The van der Waals surface area contributed by atoms with Crippen molar-refractivity contribution in [3.8, 4) is 11.3 Å². The van der Waals surface area contributed by atoms with Gasteiger partial charge in [0.25, 0.3) is 0 Å². The first-order valence-corrected chi connectivity index (χ1v) is 10.7. The van der Waals surface area contributed by atoms with Crippen LogP contribution in [-0.2, 0) is 11.4 Å². The first kappa shape index (κ1) is 25.6. The van der Waals surface area contributed by atoms with Crippen LogP contribution in [0.5, 0.6) is 0 Å². The molecular formula is C25H32FNO5. The minimum absolute atomic E-state index is 0.0197. The Morgan fingerprint density at radius 3 is 2.22 bits per heavy atom. The Kier molecular flexibility index (Phi) is 9.07. The molecule has 1 aromatic carbocycles. The van der Waals surface area contributed by atoms with Gasteiger partial charge < -0.3 is 20.4 Å². The van der Waals surface area contributed by atoms with Crippen molar-refractivity contribution >= 4 is 12.0 Å². The van der Waals surface area contributed by atoms with E-state index in [1.807, 2.05) is 27.7 Å². The maximum atomic E-state index is 13.5. The molecule has 2 atom stereocenters. The molecule has 1 heterocycles. The third kappa shape index (κ3) is 6.45. The number of halogens is 1. The van der Waals surface area contributed by atoms with Crippen LogP contribution < -0.4 is 0 Å². The minimum atomic E-state index is -1.18. The topological polar surface area (TPSA) is 111 Å². The van der Waals surface area contributed by atoms with Crippen LogP contribution >= 0.6 is 0 Å². The van der Waals surface area contributed by atoms with E-state index in [1.165, 1.54) is 18.2 Å². The molecule has 0 fully saturated rings. The van der Waals surface area contributed by atoms with E-state index in [2.05, 4.69) is 0 Å². The molecule has 1 aromatic heterocycles. The van der Waals surface area contributed by atoms with Crippen molar-refractivity contribution in [2.45, 2.75) is 71.2 Å². The maximum Gasteiger partial charge on any atom is 0.305 e. The molecule has 2 unspecified atom stereocenters. The number of pyridine rings is 1. The zero-order valence-corrected chi connectivity index (χ0v) is 18.9. The summed E-state index contributed by atoms with van der Waals surface area (Å²) in [5.41, 5.74) is 4.33. The lowest BCUT2D eigenvalue weighted by molar-refractivity contribution is -0.139. The highest BCUT2D eigenvalue weighted by Crippen LogP contribution is 2.36. The summed E-state index contributed by atoms with van der Waals surface area (Å²) in [7, 11) is 0. The Labute approximate surface area is 188 Å². The van der Waals surface area contributed by atoms with E-state index in [1.54, 1.807) is 18.2 Å². The molecule has 0 bridgehead atoms. The quantitative estimate of drug-likeness (QED) is 0.436. The monoisotopic (exact) mass is 445 g/mol. The van der Waals surface area contributed by atoms with Crippen LogP contribution in [0.3, 0.4) is 0 Å². The van der Waals surface area contributed by atoms with E-state index in [0.29, 0.717) is 16.8 Å². The number of aliphatic hydroxyl groups is 3. The average molecular weight is 446 g/mol. The molecule has 0 aliphatic rings. The molecule has 2 aromatic rings. The van der Waals surface area contributed by atoms with Gasteiger partial charge in [-0.3, -0.25) is 9.78 Å². The summed E-state index contributed by atoms with van der Waals surface area (Å²) in [6.45, 7) is 7.78. The zero-order chi connectivity index (χ0) is 24.0. The number of hydrogen-bond donors (Lipinski definition) is 4. The van der Waals surface area contributed by atoms with Gasteiger partial charge in [0.1, 0.15) is 5.82 Å². The highest BCUT2D eigenvalue weighted by atomic mass is 19.1. The van der Waals surface area contributed by atoms with Gasteiger partial charge in [0.15, 0.2) is 0 Å². The van der Waals surface area contributed by atoms with E-state index in [-0.39, 0.29) is 30.7 Å². The number of aromatic nitrogens is 1. The standard InChI is InChI=1S/C25H32FNO5/c1-14(2)23-20(10-9-18(29)11-19(30)12-22(31)32)25(16-5-7-17(26)8-6-16)27-24(15(3)4)21(23)13-28/h5-10,14-15,18-19,28-30H,11-13H2,1-4H3,(H,31,32)/b10-9+. The van der Waals surface area contributed by atoms with Gasteiger partial charge in [0.2, 0.25) is 0 Å². The number of hydrogen-bond acceptors (Lipinski definition) is 5. The van der Waals surface area contributed by atoms with Crippen LogP contribution in [0.4, 0.5) is 4.39 Å². The summed E-state index contributed by atoms with van der Waals surface area (Å²) < 4.78 is 13.5. The fourth-order valence-corrected chi connectivity index (χ4v) is 3.83. The molecule has 0 radical (unpaired) electrons. The first-order valence-electron chi connectivity index (χ1n) is 10.7. The van der Waals surface area contributed by atoms with Gasteiger partial charge in [-0.15, -0.1) is 0 Å². The summed E-state index contributed by atoms with van der Waals surface area (Å²) in [4.78, 5) is 15.6. The predicted molar refractivity (Wildman–Crippen MR) is 122 cm³/mol. The van der Waals surface area contributed by atoms with Gasteiger partial charge in [0.05, 0.1) is 30.9 Å². The number of carboxylic acids is 1. The number of carbonyl (C=O) groups is 1.